The highest BCUT2D eigenvalue weighted by atomic mass is 16.7. The number of piperidine rings is 3. The zero-order chi connectivity index (χ0) is 17.0. The van der Waals surface area contributed by atoms with Gasteiger partial charge in [-0.2, -0.15) is 0 Å². The van der Waals surface area contributed by atoms with Crippen molar-refractivity contribution in [1.29, 1.82) is 0 Å². The van der Waals surface area contributed by atoms with Crippen molar-refractivity contribution in [2.75, 3.05) is 33.0 Å². The highest BCUT2D eigenvalue weighted by molar-refractivity contribution is 5.77. The molecule has 6 rings (SSSR count). The maximum absolute atomic E-state index is 12.7. The molecule has 5 aliphatic heterocycles. The predicted molar refractivity (Wildman–Crippen MR) is 92.6 cm³/mol. The lowest BCUT2D eigenvalue weighted by Crippen LogP contribution is -2.60. The van der Waals surface area contributed by atoms with Gasteiger partial charge < -0.3 is 20.1 Å². The number of amides is 1. The van der Waals surface area contributed by atoms with Crippen molar-refractivity contribution in [3.05, 3.63) is 23.8 Å². The average Bonchev–Trinajstić information content (AvgIpc) is 3.28. The van der Waals surface area contributed by atoms with E-state index in [2.05, 4.69) is 21.9 Å². The Morgan fingerprint density at radius 2 is 1.96 bits per heavy atom. The fourth-order valence-electron chi connectivity index (χ4n) is 5.41. The maximum atomic E-state index is 12.7. The number of rotatable bonds is 3. The van der Waals surface area contributed by atoms with Crippen LogP contribution in [0.15, 0.2) is 18.2 Å². The molecule has 2 bridgehead atoms. The standard InChI is InChI=1S/C19H25N3O3/c20-6-3-17(23)22-10-14(13-1-2-15-16(9-13)25-11-24-15)19-18(22)12-4-7-21(19)8-5-12/h1-2,9,12,14,18-19H,3-8,10-11,20H2/t14-,18+,19+/m0/s1. The van der Waals surface area contributed by atoms with Crippen LogP contribution in [0.5, 0.6) is 11.5 Å². The zero-order valence-corrected chi connectivity index (χ0v) is 14.4. The molecule has 5 heterocycles. The van der Waals surface area contributed by atoms with Crippen LogP contribution in [0.25, 0.3) is 0 Å². The van der Waals surface area contributed by atoms with Crippen LogP contribution < -0.4 is 15.2 Å². The van der Waals surface area contributed by atoms with Gasteiger partial charge in [-0.25, -0.2) is 0 Å². The van der Waals surface area contributed by atoms with E-state index < -0.39 is 0 Å². The first-order valence-electron chi connectivity index (χ1n) is 9.39. The second-order valence-corrected chi connectivity index (χ2v) is 7.66. The summed E-state index contributed by atoms with van der Waals surface area (Å²) in [5.41, 5.74) is 6.92. The number of ether oxygens (including phenoxy) is 2. The van der Waals surface area contributed by atoms with Crippen LogP contribution in [0.3, 0.4) is 0 Å². The van der Waals surface area contributed by atoms with E-state index in [-0.39, 0.29) is 5.91 Å². The number of carbonyl (C=O) groups is 1. The Bertz CT molecular complexity index is 686. The summed E-state index contributed by atoms with van der Waals surface area (Å²) in [7, 11) is 0. The molecule has 0 radical (unpaired) electrons. The molecule has 6 heteroatoms. The lowest BCUT2D eigenvalue weighted by Gasteiger charge is -2.51. The first-order chi connectivity index (χ1) is 12.3. The molecular weight excluding hydrogens is 318 g/mol. The molecular formula is C19H25N3O3. The van der Waals surface area contributed by atoms with Crippen LogP contribution >= 0.6 is 0 Å². The minimum Gasteiger partial charge on any atom is -0.454 e. The Morgan fingerprint density at radius 3 is 2.76 bits per heavy atom. The van der Waals surface area contributed by atoms with Crippen LogP contribution in [0.2, 0.25) is 0 Å². The Morgan fingerprint density at radius 1 is 1.16 bits per heavy atom. The lowest BCUT2D eigenvalue weighted by molar-refractivity contribution is -0.135. The molecule has 1 amide bonds. The number of benzene rings is 1. The third-order valence-electron chi connectivity index (χ3n) is 6.50. The molecule has 3 atom stereocenters. The van der Waals surface area contributed by atoms with Gasteiger partial charge in [-0.3, -0.25) is 9.69 Å². The van der Waals surface area contributed by atoms with E-state index >= 15 is 0 Å². The van der Waals surface area contributed by atoms with E-state index in [0.717, 1.165) is 31.1 Å². The maximum Gasteiger partial charge on any atom is 0.231 e. The van der Waals surface area contributed by atoms with Crippen LogP contribution in [-0.4, -0.2) is 60.8 Å². The van der Waals surface area contributed by atoms with Gasteiger partial charge in [0.05, 0.1) is 6.04 Å². The van der Waals surface area contributed by atoms with Gasteiger partial charge in [-0.1, -0.05) is 6.07 Å². The summed E-state index contributed by atoms with van der Waals surface area (Å²) in [5.74, 6) is 2.84. The summed E-state index contributed by atoms with van der Waals surface area (Å²) in [6, 6.07) is 7.04. The summed E-state index contributed by atoms with van der Waals surface area (Å²) in [4.78, 5) is 17.5. The lowest BCUT2D eigenvalue weighted by atomic mass is 9.75. The molecule has 0 spiro atoms. The monoisotopic (exact) mass is 343 g/mol. The van der Waals surface area contributed by atoms with Gasteiger partial charge in [0.1, 0.15) is 0 Å². The van der Waals surface area contributed by atoms with E-state index in [0.29, 0.717) is 43.7 Å². The van der Waals surface area contributed by atoms with E-state index in [1.807, 2.05) is 6.07 Å². The molecule has 2 N–H and O–H groups in total. The van der Waals surface area contributed by atoms with Crippen LogP contribution in [-0.2, 0) is 4.79 Å². The van der Waals surface area contributed by atoms with Gasteiger partial charge in [0.2, 0.25) is 12.7 Å². The summed E-state index contributed by atoms with van der Waals surface area (Å²) in [6.45, 7) is 3.83. The van der Waals surface area contributed by atoms with Crippen molar-refractivity contribution in [3.63, 3.8) is 0 Å². The number of nitrogens with two attached hydrogens (primary N) is 1. The molecule has 6 nitrogen and oxygen atoms in total. The third-order valence-corrected chi connectivity index (χ3v) is 6.50. The predicted octanol–water partition coefficient (Wildman–Crippen LogP) is 1.15. The Hall–Kier alpha value is -1.79. The minimum absolute atomic E-state index is 0.217. The van der Waals surface area contributed by atoms with Crippen LogP contribution in [0, 0.1) is 5.92 Å². The third kappa shape index (κ3) is 2.34. The first-order valence-corrected chi connectivity index (χ1v) is 9.39. The Labute approximate surface area is 147 Å². The molecule has 4 fully saturated rings. The van der Waals surface area contributed by atoms with Crippen molar-refractivity contribution in [2.24, 2.45) is 11.7 Å². The van der Waals surface area contributed by atoms with Gasteiger partial charge in [0.25, 0.3) is 0 Å². The summed E-state index contributed by atoms with van der Waals surface area (Å²) in [5, 5.41) is 0. The molecule has 4 saturated heterocycles. The number of fused-ring (bicyclic) bond motifs is 3. The SMILES string of the molecule is NCCC(=O)N1C[C@@H](c2ccc3c(c2)OCO3)[C@@H]2[C@H]1C1CCN2CC1. The fourth-order valence-corrected chi connectivity index (χ4v) is 5.41. The highest BCUT2D eigenvalue weighted by Gasteiger charge is 2.54. The number of nitrogens with zero attached hydrogens (tertiary/aromatic N) is 2. The van der Waals surface area contributed by atoms with Crippen molar-refractivity contribution in [2.45, 2.75) is 37.3 Å². The van der Waals surface area contributed by atoms with E-state index in [1.165, 1.54) is 18.4 Å². The van der Waals surface area contributed by atoms with Gasteiger partial charge in [-0.15, -0.1) is 0 Å². The molecule has 25 heavy (non-hydrogen) atoms. The topological polar surface area (TPSA) is 68.0 Å². The molecule has 0 aromatic heterocycles. The van der Waals surface area contributed by atoms with Gasteiger partial charge in [0.15, 0.2) is 11.5 Å². The second-order valence-electron chi connectivity index (χ2n) is 7.66. The van der Waals surface area contributed by atoms with Crippen molar-refractivity contribution in [3.8, 4) is 11.5 Å². The molecule has 0 saturated carbocycles. The number of hydrogen-bond donors (Lipinski definition) is 1. The number of carbonyl (C=O) groups excluding carboxylic acids is 1. The first kappa shape index (κ1) is 15.5. The molecule has 0 unspecified atom stereocenters. The molecule has 134 valence electrons. The zero-order valence-electron chi connectivity index (χ0n) is 14.4. The molecule has 1 aromatic rings. The molecule has 5 aliphatic rings. The minimum atomic E-state index is 0.217. The van der Waals surface area contributed by atoms with Crippen LogP contribution in [0.4, 0.5) is 0 Å². The van der Waals surface area contributed by atoms with Gasteiger partial charge in [-0.05, 0) is 49.5 Å². The molecule has 0 aliphatic carbocycles. The Kier molecular flexibility index (Phi) is 3.64. The second kappa shape index (κ2) is 5.88. The van der Waals surface area contributed by atoms with Crippen molar-refractivity contribution < 1.29 is 14.3 Å². The quantitative estimate of drug-likeness (QED) is 0.892. The van der Waals surface area contributed by atoms with Crippen molar-refractivity contribution >= 4 is 5.91 Å². The van der Waals surface area contributed by atoms with Crippen molar-refractivity contribution in [1.82, 2.24) is 9.80 Å². The molecule has 1 aromatic carbocycles. The summed E-state index contributed by atoms with van der Waals surface area (Å²) in [6.07, 6.45) is 2.87. The van der Waals surface area contributed by atoms with Gasteiger partial charge >= 0.3 is 0 Å². The average molecular weight is 343 g/mol. The Balaban J connectivity index is 1.50. The van der Waals surface area contributed by atoms with Gasteiger partial charge in [0, 0.05) is 31.5 Å². The van der Waals surface area contributed by atoms with E-state index in [9.17, 15) is 4.79 Å². The summed E-state index contributed by atoms with van der Waals surface area (Å²) < 4.78 is 11.0. The smallest absolute Gasteiger partial charge is 0.231 e. The number of likely N-dealkylation sites (tertiary alicyclic amines) is 1. The number of hydrogen-bond acceptors (Lipinski definition) is 5. The highest BCUT2D eigenvalue weighted by Crippen LogP contribution is 2.48. The fraction of sp³-hybridized carbons (Fsp3) is 0.632. The van der Waals surface area contributed by atoms with E-state index in [1.54, 1.807) is 0 Å². The summed E-state index contributed by atoms with van der Waals surface area (Å²) >= 11 is 0. The normalized spacial score (nSPS) is 35.1. The van der Waals surface area contributed by atoms with Crippen LogP contribution in [0.1, 0.15) is 30.7 Å². The van der Waals surface area contributed by atoms with E-state index in [4.69, 9.17) is 15.2 Å². The largest absolute Gasteiger partial charge is 0.454 e.